The Bertz CT molecular complexity index is 1300. The number of hydrogen-bond donors (Lipinski definition) is 1. The maximum atomic E-state index is 12.6. The van der Waals surface area contributed by atoms with Crippen LogP contribution >= 0.6 is 23.2 Å². The average Bonchev–Trinajstić information content (AvgIpc) is 3.20. The van der Waals surface area contributed by atoms with E-state index in [0.29, 0.717) is 32.6 Å². The lowest BCUT2D eigenvalue weighted by molar-refractivity contribution is 0.0528. The quantitative estimate of drug-likeness (QED) is 0.422. The average molecular weight is 455 g/mol. The summed E-state index contributed by atoms with van der Waals surface area (Å²) in [6.07, 6.45) is 3.02. The molecule has 0 aliphatic heterocycles. The fraction of sp³-hybridized carbons (Fsp3) is 0.0909. The minimum atomic E-state index is -0.482. The Morgan fingerprint density at radius 3 is 2.71 bits per heavy atom. The number of halogens is 2. The van der Waals surface area contributed by atoms with Crippen LogP contribution in [0.1, 0.15) is 27.6 Å². The fourth-order valence-corrected chi connectivity index (χ4v) is 3.36. The van der Waals surface area contributed by atoms with Crippen molar-refractivity contribution >= 4 is 46.4 Å². The summed E-state index contributed by atoms with van der Waals surface area (Å²) >= 11 is 11.9. The number of anilines is 1. The van der Waals surface area contributed by atoms with Crippen molar-refractivity contribution in [3.05, 3.63) is 82.1 Å². The number of carbonyl (C=O) groups is 2. The summed E-state index contributed by atoms with van der Waals surface area (Å²) in [5, 5.41) is 7.82. The number of rotatable bonds is 5. The number of hydrogen-bond acceptors (Lipinski definition) is 5. The first kappa shape index (κ1) is 20.8. The molecule has 2 aromatic carbocycles. The van der Waals surface area contributed by atoms with Crippen molar-refractivity contribution in [1.29, 1.82) is 0 Å². The van der Waals surface area contributed by atoms with Crippen LogP contribution in [0.25, 0.3) is 16.9 Å². The Hall–Kier alpha value is -3.42. The Morgan fingerprint density at radius 1 is 1.10 bits per heavy atom. The van der Waals surface area contributed by atoms with Crippen LogP contribution in [0.2, 0.25) is 10.0 Å². The first-order chi connectivity index (χ1) is 15.0. The molecule has 0 fully saturated rings. The smallest absolute Gasteiger partial charge is 0.343 e. The molecule has 0 unspecified atom stereocenters. The maximum absolute atomic E-state index is 12.6. The van der Waals surface area contributed by atoms with Gasteiger partial charge in [-0.1, -0.05) is 35.3 Å². The van der Waals surface area contributed by atoms with Gasteiger partial charge in [-0.05, 0) is 43.3 Å². The Labute approximate surface area is 187 Å². The lowest BCUT2D eigenvalue weighted by Gasteiger charge is -2.09. The van der Waals surface area contributed by atoms with Gasteiger partial charge in [0.05, 0.1) is 28.5 Å². The molecule has 4 aromatic rings. The SMILES string of the molecule is CCOC(=O)c1cnn2c(-c3cccc(NC(=O)c4ccc(Cl)c(Cl)c4)c3)ccnc12. The van der Waals surface area contributed by atoms with Crippen LogP contribution < -0.4 is 5.32 Å². The van der Waals surface area contributed by atoms with Crippen molar-refractivity contribution in [2.75, 3.05) is 11.9 Å². The van der Waals surface area contributed by atoms with Gasteiger partial charge in [-0.15, -0.1) is 0 Å². The van der Waals surface area contributed by atoms with E-state index in [1.165, 1.54) is 12.3 Å². The van der Waals surface area contributed by atoms with Gasteiger partial charge in [0.15, 0.2) is 5.65 Å². The van der Waals surface area contributed by atoms with Gasteiger partial charge >= 0.3 is 5.97 Å². The molecule has 0 bridgehead atoms. The predicted octanol–water partition coefficient (Wildman–Crippen LogP) is 5.13. The first-order valence-electron chi connectivity index (χ1n) is 9.34. The molecule has 31 heavy (non-hydrogen) atoms. The monoisotopic (exact) mass is 454 g/mol. The Balaban J connectivity index is 1.65. The van der Waals surface area contributed by atoms with E-state index >= 15 is 0 Å². The Morgan fingerprint density at radius 2 is 1.94 bits per heavy atom. The van der Waals surface area contributed by atoms with Crippen molar-refractivity contribution in [2.24, 2.45) is 0 Å². The molecule has 7 nitrogen and oxygen atoms in total. The summed E-state index contributed by atoms with van der Waals surface area (Å²) in [5.41, 5.74) is 3.12. The van der Waals surface area contributed by atoms with Gasteiger partial charge in [0, 0.05) is 23.0 Å². The summed E-state index contributed by atoms with van der Waals surface area (Å²) in [6.45, 7) is 2.00. The van der Waals surface area contributed by atoms with Crippen LogP contribution in [0.5, 0.6) is 0 Å². The molecule has 0 saturated carbocycles. The van der Waals surface area contributed by atoms with Crippen LogP contribution in [-0.2, 0) is 4.74 Å². The first-order valence-corrected chi connectivity index (χ1v) is 10.1. The summed E-state index contributed by atoms with van der Waals surface area (Å²) in [4.78, 5) is 29.0. The summed E-state index contributed by atoms with van der Waals surface area (Å²) < 4.78 is 6.62. The van der Waals surface area contributed by atoms with E-state index < -0.39 is 5.97 Å². The van der Waals surface area contributed by atoms with Gasteiger partial charge in [-0.3, -0.25) is 4.79 Å². The molecule has 0 radical (unpaired) electrons. The van der Waals surface area contributed by atoms with Gasteiger partial charge in [-0.2, -0.15) is 5.10 Å². The van der Waals surface area contributed by atoms with Crippen molar-refractivity contribution in [2.45, 2.75) is 6.92 Å². The van der Waals surface area contributed by atoms with Crippen LogP contribution in [0, 0.1) is 0 Å². The summed E-state index contributed by atoms with van der Waals surface area (Å²) in [5.74, 6) is -0.802. The normalized spacial score (nSPS) is 10.8. The minimum Gasteiger partial charge on any atom is -0.462 e. The van der Waals surface area contributed by atoms with Crippen LogP contribution in [0.15, 0.2) is 60.9 Å². The standard InChI is InChI=1S/C22H16Cl2N4O3/c1-2-31-22(30)16-12-26-28-19(8-9-25-20(16)28)13-4-3-5-15(10-13)27-21(29)14-6-7-17(23)18(24)11-14/h3-12H,2H2,1H3,(H,27,29). The number of nitrogens with zero attached hydrogens (tertiary/aromatic N) is 3. The fourth-order valence-electron chi connectivity index (χ4n) is 3.06. The van der Waals surface area contributed by atoms with E-state index in [2.05, 4.69) is 15.4 Å². The summed E-state index contributed by atoms with van der Waals surface area (Å²) in [6, 6.07) is 13.7. The maximum Gasteiger partial charge on any atom is 0.343 e. The van der Waals surface area contributed by atoms with Gasteiger partial charge in [-0.25, -0.2) is 14.3 Å². The molecule has 1 amide bonds. The van der Waals surface area contributed by atoms with Gasteiger partial charge < -0.3 is 10.1 Å². The van der Waals surface area contributed by atoms with Crippen molar-refractivity contribution in [1.82, 2.24) is 14.6 Å². The molecular formula is C22H16Cl2N4O3. The molecule has 2 heterocycles. The third-order valence-corrected chi connectivity index (χ3v) is 5.23. The van der Waals surface area contributed by atoms with E-state index in [1.807, 2.05) is 12.1 Å². The molecule has 2 aromatic heterocycles. The highest BCUT2D eigenvalue weighted by Gasteiger charge is 2.17. The second-order valence-corrected chi connectivity index (χ2v) is 7.32. The number of carbonyl (C=O) groups excluding carboxylic acids is 2. The highest BCUT2D eigenvalue weighted by molar-refractivity contribution is 6.42. The van der Waals surface area contributed by atoms with E-state index in [4.69, 9.17) is 27.9 Å². The van der Waals surface area contributed by atoms with Crippen molar-refractivity contribution in [3.8, 4) is 11.3 Å². The number of aromatic nitrogens is 3. The highest BCUT2D eigenvalue weighted by atomic mass is 35.5. The molecule has 0 spiro atoms. The molecule has 0 atom stereocenters. The number of benzene rings is 2. The zero-order valence-electron chi connectivity index (χ0n) is 16.3. The lowest BCUT2D eigenvalue weighted by Crippen LogP contribution is -2.12. The van der Waals surface area contributed by atoms with Crippen LogP contribution in [0.3, 0.4) is 0 Å². The van der Waals surface area contributed by atoms with Gasteiger partial charge in [0.25, 0.3) is 5.91 Å². The molecule has 156 valence electrons. The van der Waals surface area contributed by atoms with Crippen molar-refractivity contribution in [3.63, 3.8) is 0 Å². The third kappa shape index (κ3) is 4.23. The number of ether oxygens (including phenoxy) is 1. The van der Waals surface area contributed by atoms with Crippen LogP contribution in [-0.4, -0.2) is 33.1 Å². The second kappa shape index (κ2) is 8.75. The van der Waals surface area contributed by atoms with E-state index in [0.717, 1.165) is 5.56 Å². The van der Waals surface area contributed by atoms with E-state index in [-0.39, 0.29) is 18.1 Å². The van der Waals surface area contributed by atoms with E-state index in [1.54, 1.807) is 48.0 Å². The lowest BCUT2D eigenvalue weighted by atomic mass is 10.1. The molecular weight excluding hydrogens is 439 g/mol. The minimum absolute atomic E-state index is 0.260. The molecule has 9 heteroatoms. The van der Waals surface area contributed by atoms with Crippen LogP contribution in [0.4, 0.5) is 5.69 Å². The molecule has 0 aliphatic rings. The number of fused-ring (bicyclic) bond motifs is 1. The zero-order chi connectivity index (χ0) is 22.0. The zero-order valence-corrected chi connectivity index (χ0v) is 17.8. The third-order valence-electron chi connectivity index (χ3n) is 4.49. The number of nitrogens with one attached hydrogen (secondary N) is 1. The van der Waals surface area contributed by atoms with E-state index in [9.17, 15) is 9.59 Å². The van der Waals surface area contributed by atoms with Gasteiger partial charge in [0.2, 0.25) is 0 Å². The molecule has 0 aliphatic carbocycles. The highest BCUT2D eigenvalue weighted by Crippen LogP contribution is 2.26. The Kier molecular flexibility index (Phi) is 5.88. The number of esters is 1. The predicted molar refractivity (Wildman–Crippen MR) is 119 cm³/mol. The topological polar surface area (TPSA) is 85.6 Å². The van der Waals surface area contributed by atoms with Gasteiger partial charge in [0.1, 0.15) is 5.56 Å². The van der Waals surface area contributed by atoms with Crippen molar-refractivity contribution < 1.29 is 14.3 Å². The largest absolute Gasteiger partial charge is 0.462 e. The molecule has 4 rings (SSSR count). The molecule has 0 saturated heterocycles. The number of amides is 1. The molecule has 1 N–H and O–H groups in total. The summed E-state index contributed by atoms with van der Waals surface area (Å²) in [7, 11) is 0. The second-order valence-electron chi connectivity index (χ2n) is 6.51.